The number of hydrogen-bond acceptors (Lipinski definition) is 5. The van der Waals surface area contributed by atoms with Gasteiger partial charge in [0.05, 0.1) is 39.9 Å². The molecule has 0 unspecified atom stereocenters. The summed E-state index contributed by atoms with van der Waals surface area (Å²) in [6, 6.07) is 13.8. The molecular formula is C23H16F2N2O5S. The number of fused-ring (bicyclic) bond motifs is 1. The van der Waals surface area contributed by atoms with E-state index >= 15 is 0 Å². The molecule has 0 aliphatic heterocycles. The number of hydrogen-bond donors (Lipinski definition) is 1. The number of esters is 1. The van der Waals surface area contributed by atoms with Crippen LogP contribution in [0.5, 0.6) is 0 Å². The average Bonchev–Trinajstić information content (AvgIpc) is 3.14. The number of carbonyl (C=O) groups is 2. The van der Waals surface area contributed by atoms with Crippen LogP contribution in [0.15, 0.2) is 71.6 Å². The van der Waals surface area contributed by atoms with Crippen LogP contribution in [-0.4, -0.2) is 31.4 Å². The van der Waals surface area contributed by atoms with E-state index in [1.54, 1.807) is 6.07 Å². The lowest BCUT2D eigenvalue weighted by Crippen LogP contribution is -2.18. The van der Waals surface area contributed by atoms with Crippen LogP contribution in [-0.2, 0) is 14.8 Å². The molecule has 0 aliphatic carbocycles. The molecule has 0 fully saturated rings. The van der Waals surface area contributed by atoms with Gasteiger partial charge in [0.25, 0.3) is 15.9 Å². The minimum atomic E-state index is -4.47. The van der Waals surface area contributed by atoms with E-state index in [1.807, 2.05) is 0 Å². The van der Waals surface area contributed by atoms with Crippen molar-refractivity contribution in [3.05, 3.63) is 89.5 Å². The minimum Gasteiger partial charge on any atom is -0.465 e. The number of rotatable bonds is 5. The summed E-state index contributed by atoms with van der Waals surface area (Å²) in [6.45, 7) is 0. The molecule has 7 nitrogen and oxygen atoms in total. The molecule has 0 saturated heterocycles. The van der Waals surface area contributed by atoms with Crippen LogP contribution >= 0.6 is 0 Å². The molecule has 4 rings (SSSR count). The summed E-state index contributed by atoms with van der Waals surface area (Å²) in [5, 5.41) is -0.0810. The third-order valence-electron chi connectivity index (χ3n) is 5.07. The van der Waals surface area contributed by atoms with Crippen molar-refractivity contribution >= 4 is 32.8 Å². The van der Waals surface area contributed by atoms with Gasteiger partial charge in [-0.15, -0.1) is 0 Å². The van der Waals surface area contributed by atoms with Gasteiger partial charge < -0.3 is 10.5 Å². The van der Waals surface area contributed by atoms with Crippen molar-refractivity contribution in [3.8, 4) is 11.3 Å². The van der Waals surface area contributed by atoms with Crippen molar-refractivity contribution in [1.82, 2.24) is 3.97 Å². The Hall–Kier alpha value is -4.05. The van der Waals surface area contributed by atoms with Gasteiger partial charge >= 0.3 is 5.97 Å². The Bertz CT molecular complexity index is 1510. The Morgan fingerprint density at radius 3 is 2.15 bits per heavy atom. The second-order valence-corrected chi connectivity index (χ2v) is 8.78. The van der Waals surface area contributed by atoms with Gasteiger partial charge in [-0.25, -0.2) is 26.0 Å². The zero-order chi connectivity index (χ0) is 23.9. The van der Waals surface area contributed by atoms with Crippen molar-refractivity contribution in [1.29, 1.82) is 0 Å². The Labute approximate surface area is 187 Å². The van der Waals surface area contributed by atoms with E-state index in [-0.39, 0.29) is 21.4 Å². The highest BCUT2D eigenvalue weighted by Gasteiger charge is 2.33. The predicted octanol–water partition coefficient (Wildman–Crippen LogP) is 3.71. The van der Waals surface area contributed by atoms with E-state index in [2.05, 4.69) is 4.74 Å². The number of nitrogens with zero attached hydrogens (tertiary/aromatic N) is 1. The first kappa shape index (κ1) is 22.2. The fourth-order valence-corrected chi connectivity index (χ4v) is 5.21. The largest absolute Gasteiger partial charge is 0.465 e. The van der Waals surface area contributed by atoms with Crippen molar-refractivity contribution in [2.24, 2.45) is 5.73 Å². The maximum absolute atomic E-state index is 14.9. The van der Waals surface area contributed by atoms with E-state index in [1.165, 1.54) is 42.5 Å². The Morgan fingerprint density at radius 2 is 1.58 bits per heavy atom. The molecule has 33 heavy (non-hydrogen) atoms. The molecule has 1 heterocycles. The van der Waals surface area contributed by atoms with Gasteiger partial charge in [-0.3, -0.25) is 4.79 Å². The van der Waals surface area contributed by atoms with Crippen LogP contribution < -0.4 is 5.73 Å². The fraction of sp³-hybridized carbons (Fsp3) is 0.0435. The first-order chi connectivity index (χ1) is 15.7. The van der Waals surface area contributed by atoms with Gasteiger partial charge in [0.1, 0.15) is 11.6 Å². The van der Waals surface area contributed by atoms with Crippen LogP contribution in [0.4, 0.5) is 8.78 Å². The molecule has 0 spiro atoms. The zero-order valence-corrected chi connectivity index (χ0v) is 17.9. The maximum atomic E-state index is 14.9. The van der Waals surface area contributed by atoms with E-state index in [0.717, 1.165) is 25.3 Å². The first-order valence-corrected chi connectivity index (χ1v) is 10.9. The highest BCUT2D eigenvalue weighted by Crippen LogP contribution is 2.39. The molecule has 10 heteroatoms. The lowest BCUT2D eigenvalue weighted by atomic mass is 10.0. The average molecular weight is 470 g/mol. The molecular weight excluding hydrogens is 454 g/mol. The summed E-state index contributed by atoms with van der Waals surface area (Å²) >= 11 is 0. The Morgan fingerprint density at radius 1 is 0.939 bits per heavy atom. The number of aromatic nitrogens is 1. The standard InChI is InChI=1S/C23H16F2N2O5S/c1-32-23(29)13-10-11-18-15(12-13)19(22(26)28)21(20-16(24)8-5-9-17(20)25)27(18)33(30,31)14-6-3-2-4-7-14/h2-12H,1H3,(H2,26,28). The molecule has 1 aromatic heterocycles. The molecule has 0 saturated carbocycles. The van der Waals surface area contributed by atoms with Crippen molar-refractivity contribution in [2.45, 2.75) is 4.90 Å². The van der Waals surface area contributed by atoms with Crippen LogP contribution in [0, 0.1) is 11.6 Å². The quantitative estimate of drug-likeness (QED) is 0.448. The van der Waals surface area contributed by atoms with Gasteiger partial charge in [0.2, 0.25) is 0 Å². The van der Waals surface area contributed by atoms with E-state index < -0.39 is 50.4 Å². The number of ether oxygens (including phenoxy) is 1. The van der Waals surface area contributed by atoms with Gasteiger partial charge in [-0.2, -0.15) is 0 Å². The third-order valence-corrected chi connectivity index (χ3v) is 6.80. The van der Waals surface area contributed by atoms with Crippen molar-refractivity contribution in [3.63, 3.8) is 0 Å². The van der Waals surface area contributed by atoms with Crippen LogP contribution in [0.1, 0.15) is 20.7 Å². The normalized spacial score (nSPS) is 11.5. The van der Waals surface area contributed by atoms with Gasteiger partial charge in [-0.05, 0) is 42.5 Å². The number of methoxy groups -OCH3 is 1. The van der Waals surface area contributed by atoms with Crippen molar-refractivity contribution in [2.75, 3.05) is 7.11 Å². The van der Waals surface area contributed by atoms with E-state index in [0.29, 0.717) is 3.97 Å². The number of amides is 1. The minimum absolute atomic E-state index is 0.0117. The van der Waals surface area contributed by atoms with Crippen LogP contribution in [0.25, 0.3) is 22.2 Å². The number of benzene rings is 3. The van der Waals surface area contributed by atoms with Gasteiger partial charge in [-0.1, -0.05) is 24.3 Å². The molecule has 2 N–H and O–H groups in total. The lowest BCUT2D eigenvalue weighted by Gasteiger charge is -2.14. The lowest BCUT2D eigenvalue weighted by molar-refractivity contribution is 0.0600. The fourth-order valence-electron chi connectivity index (χ4n) is 3.66. The third kappa shape index (κ3) is 3.54. The van der Waals surface area contributed by atoms with Crippen LogP contribution in [0.3, 0.4) is 0 Å². The highest BCUT2D eigenvalue weighted by atomic mass is 32.2. The van der Waals surface area contributed by atoms with E-state index in [9.17, 15) is 26.8 Å². The van der Waals surface area contributed by atoms with Crippen molar-refractivity contribution < 1.29 is 31.5 Å². The molecule has 0 bridgehead atoms. The van der Waals surface area contributed by atoms with Gasteiger partial charge in [0, 0.05) is 5.39 Å². The van der Waals surface area contributed by atoms with E-state index in [4.69, 9.17) is 5.73 Å². The number of nitrogens with two attached hydrogens (primary N) is 1. The molecule has 168 valence electrons. The number of primary amides is 1. The summed E-state index contributed by atoms with van der Waals surface area (Å²) in [5.74, 6) is -4.10. The second kappa shape index (κ2) is 8.14. The monoisotopic (exact) mass is 470 g/mol. The topological polar surface area (TPSA) is 108 Å². The maximum Gasteiger partial charge on any atom is 0.337 e. The Balaban J connectivity index is 2.25. The summed E-state index contributed by atoms with van der Waals surface area (Å²) in [5.41, 5.74) is 3.66. The molecule has 1 amide bonds. The molecule has 4 aromatic rings. The Kier molecular flexibility index (Phi) is 5.46. The first-order valence-electron chi connectivity index (χ1n) is 9.50. The zero-order valence-electron chi connectivity index (χ0n) is 17.1. The molecule has 3 aromatic carbocycles. The summed E-state index contributed by atoms with van der Waals surface area (Å²) in [6.07, 6.45) is 0. The molecule has 0 atom stereocenters. The van der Waals surface area contributed by atoms with Gasteiger partial charge in [0.15, 0.2) is 0 Å². The smallest absolute Gasteiger partial charge is 0.337 e. The predicted molar refractivity (Wildman–Crippen MR) is 116 cm³/mol. The SMILES string of the molecule is COC(=O)c1ccc2c(c1)c(C(N)=O)c(-c1c(F)cccc1F)n2S(=O)(=O)c1ccccc1. The molecule has 0 aliphatic rings. The summed E-state index contributed by atoms with van der Waals surface area (Å²) in [4.78, 5) is 24.4. The summed E-state index contributed by atoms with van der Waals surface area (Å²) in [7, 11) is -3.32. The number of carbonyl (C=O) groups excluding carboxylic acids is 2. The van der Waals surface area contributed by atoms with Crippen LogP contribution in [0.2, 0.25) is 0 Å². The summed E-state index contributed by atoms with van der Waals surface area (Å²) < 4.78 is 62.4. The number of halogens is 2. The molecule has 0 radical (unpaired) electrons. The second-order valence-electron chi connectivity index (χ2n) is 6.99. The highest BCUT2D eigenvalue weighted by molar-refractivity contribution is 7.90.